The molecule has 7 heteroatoms. The summed E-state index contributed by atoms with van der Waals surface area (Å²) in [5.74, 6) is 0.541. The van der Waals surface area contributed by atoms with Crippen molar-refractivity contribution in [3.63, 3.8) is 0 Å². The summed E-state index contributed by atoms with van der Waals surface area (Å²) in [5.41, 5.74) is 0.341. The summed E-state index contributed by atoms with van der Waals surface area (Å²) in [4.78, 5) is 17.8. The van der Waals surface area contributed by atoms with Gasteiger partial charge in [-0.3, -0.25) is 0 Å². The smallest absolute Gasteiger partial charge is 0.358 e. The molecule has 0 fully saturated rings. The molecule has 0 bridgehead atoms. The van der Waals surface area contributed by atoms with E-state index in [1.807, 2.05) is 16.3 Å². The molecule has 2 atom stereocenters. The van der Waals surface area contributed by atoms with Crippen LogP contribution in [0, 0.1) is 0 Å². The zero-order valence-electron chi connectivity index (χ0n) is 21.5. The average Bonchev–Trinajstić information content (AvgIpc) is 3.26. The van der Waals surface area contributed by atoms with Crippen LogP contribution in [0.25, 0.3) is 10.8 Å². The highest BCUT2D eigenvalue weighted by atomic mass is 32.2. The minimum Gasteiger partial charge on any atom is -0.461 e. The number of carbonyl (C=O) groups is 1. The molecular weight excluding hydrogens is 460 g/mol. The molecule has 1 aromatic heterocycles. The number of fused-ring (bicyclic) bond motifs is 1. The highest BCUT2D eigenvalue weighted by Gasteiger charge is 2.40. The lowest BCUT2D eigenvalue weighted by Gasteiger charge is -2.40. The molecule has 0 aliphatic carbocycles. The Morgan fingerprint density at radius 2 is 1.85 bits per heavy atom. The van der Waals surface area contributed by atoms with Gasteiger partial charge in [0, 0.05) is 16.8 Å². The zero-order chi connectivity index (χ0) is 24.9. The molecule has 3 aromatic rings. The SMILES string of the molecule is CCOC(=O)c1cn(C(CCSc2cccc3ccccc23)C(C)O[Si](C)(C)C(C)(C)C)cn1. The summed E-state index contributed by atoms with van der Waals surface area (Å²) in [6.07, 6.45) is 4.42. The van der Waals surface area contributed by atoms with Crippen LogP contribution in [0.4, 0.5) is 0 Å². The highest BCUT2D eigenvalue weighted by molar-refractivity contribution is 7.99. The van der Waals surface area contributed by atoms with E-state index in [0.717, 1.165) is 12.2 Å². The van der Waals surface area contributed by atoms with Crippen molar-refractivity contribution in [2.75, 3.05) is 12.4 Å². The van der Waals surface area contributed by atoms with Gasteiger partial charge >= 0.3 is 5.97 Å². The molecule has 0 amide bonds. The molecular formula is C27H38N2O3SSi. The quantitative estimate of drug-likeness (QED) is 0.166. The van der Waals surface area contributed by atoms with Crippen LogP contribution in [0.2, 0.25) is 18.1 Å². The van der Waals surface area contributed by atoms with Crippen LogP contribution in [-0.4, -0.2) is 42.3 Å². The number of benzene rings is 2. The number of rotatable bonds is 10. The van der Waals surface area contributed by atoms with E-state index in [1.165, 1.54) is 15.7 Å². The monoisotopic (exact) mass is 498 g/mol. The van der Waals surface area contributed by atoms with E-state index in [1.54, 1.807) is 19.4 Å². The fourth-order valence-electron chi connectivity index (χ4n) is 3.79. The maximum Gasteiger partial charge on any atom is 0.358 e. The minimum absolute atomic E-state index is 0.0155. The van der Waals surface area contributed by atoms with Crippen molar-refractivity contribution >= 4 is 36.8 Å². The number of hydrogen-bond donors (Lipinski definition) is 0. The van der Waals surface area contributed by atoms with Crippen molar-refractivity contribution in [3.05, 3.63) is 60.7 Å². The van der Waals surface area contributed by atoms with Gasteiger partial charge in [-0.05, 0) is 55.2 Å². The molecule has 0 N–H and O–H groups in total. The lowest BCUT2D eigenvalue weighted by molar-refractivity contribution is 0.0519. The molecule has 34 heavy (non-hydrogen) atoms. The van der Waals surface area contributed by atoms with Crippen LogP contribution in [0.1, 0.15) is 57.6 Å². The summed E-state index contributed by atoms with van der Waals surface area (Å²) in [7, 11) is -1.96. The van der Waals surface area contributed by atoms with Gasteiger partial charge in [-0.2, -0.15) is 0 Å². The Bertz CT molecular complexity index is 1100. The average molecular weight is 499 g/mol. The Hall–Kier alpha value is -2.09. The Kier molecular flexibility index (Phi) is 8.65. The molecule has 0 saturated carbocycles. The van der Waals surface area contributed by atoms with Crippen molar-refractivity contribution in [2.24, 2.45) is 0 Å². The number of hydrogen-bond acceptors (Lipinski definition) is 5. The Balaban J connectivity index is 1.80. The van der Waals surface area contributed by atoms with Crippen LogP contribution in [0.3, 0.4) is 0 Å². The first kappa shape index (κ1) is 26.5. The van der Waals surface area contributed by atoms with Crippen LogP contribution in [0.15, 0.2) is 59.9 Å². The molecule has 184 valence electrons. The fraction of sp³-hybridized carbons (Fsp3) is 0.481. The van der Waals surface area contributed by atoms with E-state index in [2.05, 4.69) is 88.2 Å². The molecule has 0 spiro atoms. The molecule has 0 saturated heterocycles. The van der Waals surface area contributed by atoms with Gasteiger partial charge in [0.05, 0.1) is 25.1 Å². The van der Waals surface area contributed by atoms with Crippen molar-refractivity contribution in [1.82, 2.24) is 9.55 Å². The number of aromatic nitrogens is 2. The second-order valence-corrected chi connectivity index (χ2v) is 16.1. The van der Waals surface area contributed by atoms with E-state index in [-0.39, 0.29) is 23.2 Å². The van der Waals surface area contributed by atoms with Gasteiger partial charge in [-0.15, -0.1) is 11.8 Å². The number of thioether (sulfide) groups is 1. The third-order valence-electron chi connectivity index (χ3n) is 6.72. The number of ether oxygens (including phenoxy) is 1. The fourth-order valence-corrected chi connectivity index (χ4v) is 6.32. The van der Waals surface area contributed by atoms with E-state index < -0.39 is 8.32 Å². The third-order valence-corrected chi connectivity index (χ3v) is 12.4. The summed E-state index contributed by atoms with van der Waals surface area (Å²) in [6.45, 7) is 15.6. The third kappa shape index (κ3) is 6.32. The molecule has 0 aliphatic heterocycles. The van der Waals surface area contributed by atoms with E-state index >= 15 is 0 Å². The van der Waals surface area contributed by atoms with Crippen LogP contribution in [0.5, 0.6) is 0 Å². The summed E-state index contributed by atoms with van der Waals surface area (Å²) in [5, 5.41) is 2.66. The predicted molar refractivity (Wildman–Crippen MR) is 144 cm³/mol. The van der Waals surface area contributed by atoms with Gasteiger partial charge in [-0.1, -0.05) is 57.2 Å². The van der Waals surface area contributed by atoms with Gasteiger partial charge in [0.2, 0.25) is 0 Å². The number of esters is 1. The number of carbonyl (C=O) groups excluding carboxylic acids is 1. The Morgan fingerprint density at radius 1 is 1.15 bits per heavy atom. The van der Waals surface area contributed by atoms with Gasteiger partial charge in [0.25, 0.3) is 0 Å². The molecule has 2 unspecified atom stereocenters. The maximum absolute atomic E-state index is 12.2. The van der Waals surface area contributed by atoms with Crippen molar-refractivity contribution < 1.29 is 14.0 Å². The van der Waals surface area contributed by atoms with Crippen LogP contribution in [-0.2, 0) is 9.16 Å². The lowest BCUT2D eigenvalue weighted by atomic mass is 10.1. The van der Waals surface area contributed by atoms with Crippen molar-refractivity contribution in [3.8, 4) is 0 Å². The normalized spacial score (nSPS) is 14.2. The summed E-state index contributed by atoms with van der Waals surface area (Å²) < 4.78 is 14.0. The highest BCUT2D eigenvalue weighted by Crippen LogP contribution is 2.39. The first-order chi connectivity index (χ1) is 16.0. The largest absolute Gasteiger partial charge is 0.461 e. The van der Waals surface area contributed by atoms with E-state index in [0.29, 0.717) is 12.3 Å². The van der Waals surface area contributed by atoms with Gasteiger partial charge < -0.3 is 13.7 Å². The van der Waals surface area contributed by atoms with Crippen molar-refractivity contribution in [2.45, 2.75) is 76.2 Å². The van der Waals surface area contributed by atoms with Crippen molar-refractivity contribution in [1.29, 1.82) is 0 Å². The lowest BCUT2D eigenvalue weighted by Crippen LogP contribution is -2.45. The van der Waals surface area contributed by atoms with Gasteiger partial charge in [0.15, 0.2) is 14.0 Å². The standard InChI is InChI=1S/C27H38N2O3SSi/c1-8-31-26(30)23-18-29(19-28-23)24(20(2)32-34(6,7)27(3,4)5)16-17-33-25-15-11-13-21-12-9-10-14-22(21)25/h9-15,18-20,24H,8,16-17H2,1-7H3. The van der Waals surface area contributed by atoms with E-state index in [9.17, 15) is 4.79 Å². The van der Waals surface area contributed by atoms with Crippen LogP contribution >= 0.6 is 11.8 Å². The first-order valence-electron chi connectivity index (χ1n) is 12.0. The van der Waals surface area contributed by atoms with E-state index in [4.69, 9.17) is 9.16 Å². The predicted octanol–water partition coefficient (Wildman–Crippen LogP) is 7.35. The minimum atomic E-state index is -1.96. The summed E-state index contributed by atoms with van der Waals surface area (Å²) >= 11 is 1.87. The topological polar surface area (TPSA) is 53.4 Å². The van der Waals surface area contributed by atoms with Gasteiger partial charge in [0.1, 0.15) is 0 Å². The number of nitrogens with zero attached hydrogens (tertiary/aromatic N) is 2. The second kappa shape index (κ2) is 11.1. The molecule has 0 radical (unpaired) electrons. The number of imidazole rings is 1. The Morgan fingerprint density at radius 3 is 2.56 bits per heavy atom. The zero-order valence-corrected chi connectivity index (χ0v) is 23.3. The summed E-state index contributed by atoms with van der Waals surface area (Å²) in [6, 6.07) is 15.0. The molecule has 1 heterocycles. The second-order valence-electron chi connectivity index (χ2n) is 10.2. The Labute approximate surface area is 209 Å². The molecule has 5 nitrogen and oxygen atoms in total. The van der Waals surface area contributed by atoms with Crippen LogP contribution < -0.4 is 0 Å². The van der Waals surface area contributed by atoms with Gasteiger partial charge in [-0.25, -0.2) is 9.78 Å². The maximum atomic E-state index is 12.2. The first-order valence-corrected chi connectivity index (χ1v) is 15.9. The molecule has 2 aromatic carbocycles. The molecule has 3 rings (SSSR count). The molecule has 0 aliphatic rings.